The van der Waals surface area contributed by atoms with Crippen molar-refractivity contribution in [1.29, 1.82) is 0 Å². The molecule has 0 aromatic carbocycles. The minimum atomic E-state index is -3.70. The summed E-state index contributed by atoms with van der Waals surface area (Å²) in [5.74, 6) is -0.114. The van der Waals surface area contributed by atoms with Gasteiger partial charge in [0.2, 0.25) is 5.95 Å². The third-order valence-electron chi connectivity index (χ3n) is 3.85. The second-order valence-electron chi connectivity index (χ2n) is 5.51. The lowest BCUT2D eigenvalue weighted by Crippen LogP contribution is -2.35. The van der Waals surface area contributed by atoms with Crippen LogP contribution >= 0.6 is 19.0 Å². The number of aromatic amines is 1. The fourth-order valence-corrected chi connectivity index (χ4v) is 3.68. The highest BCUT2D eigenvalue weighted by molar-refractivity contribution is 8.44. The molecule has 0 spiro atoms. The third kappa shape index (κ3) is 3.51. The van der Waals surface area contributed by atoms with E-state index < -0.39 is 36.9 Å². The van der Waals surface area contributed by atoms with E-state index in [2.05, 4.69) is 27.2 Å². The number of aliphatic hydroxyl groups excluding tert-OH is 1. The smallest absolute Gasteiger partial charge is 0.386 e. The first-order chi connectivity index (χ1) is 12.3. The zero-order valence-electron chi connectivity index (χ0n) is 13.8. The van der Waals surface area contributed by atoms with Crippen molar-refractivity contribution in [1.82, 2.24) is 19.5 Å². The monoisotopic (exact) mass is 407 g/mol. The number of rotatable bonds is 6. The van der Waals surface area contributed by atoms with E-state index in [-0.39, 0.29) is 23.7 Å². The molecule has 0 amide bonds. The Hall–Kier alpha value is -1.47. The number of anilines is 1. The van der Waals surface area contributed by atoms with Gasteiger partial charge in [0, 0.05) is 14.2 Å². The molecule has 1 aliphatic rings. The first kappa shape index (κ1) is 19.3. The fraction of sp³-hybridized carbons (Fsp3) is 0.583. The van der Waals surface area contributed by atoms with Crippen LogP contribution in [0.5, 0.6) is 0 Å². The molecule has 3 rings (SSSR count). The van der Waals surface area contributed by atoms with Crippen molar-refractivity contribution in [2.45, 2.75) is 24.5 Å². The topological polar surface area (TPSA) is 164 Å². The molecule has 0 aliphatic carbocycles. The number of aromatic nitrogens is 4. The van der Waals surface area contributed by atoms with E-state index in [0.717, 1.165) is 0 Å². The van der Waals surface area contributed by atoms with E-state index in [1.165, 1.54) is 25.1 Å². The number of imidazole rings is 1. The molecule has 144 valence electrons. The van der Waals surface area contributed by atoms with E-state index in [0.29, 0.717) is 0 Å². The van der Waals surface area contributed by atoms with Crippen molar-refractivity contribution in [3.05, 3.63) is 16.7 Å². The van der Waals surface area contributed by atoms with Crippen LogP contribution in [0.4, 0.5) is 5.95 Å². The number of nitrogens with two attached hydrogens (primary N) is 1. The molecule has 1 aliphatic heterocycles. The molecule has 3 heterocycles. The van der Waals surface area contributed by atoms with Crippen LogP contribution in [0.3, 0.4) is 0 Å². The molecule has 1 fully saturated rings. The average molecular weight is 407 g/mol. The summed E-state index contributed by atoms with van der Waals surface area (Å²) in [7, 11) is 2.60. The third-order valence-corrected chi connectivity index (χ3v) is 5.59. The van der Waals surface area contributed by atoms with Crippen molar-refractivity contribution in [3.8, 4) is 0 Å². The molecule has 26 heavy (non-hydrogen) atoms. The molecule has 2 aromatic rings. The molecular weight excluding hydrogens is 389 g/mol. The van der Waals surface area contributed by atoms with Crippen LogP contribution in [-0.2, 0) is 23.1 Å². The van der Waals surface area contributed by atoms with Gasteiger partial charge in [0.15, 0.2) is 17.4 Å². The zero-order valence-corrected chi connectivity index (χ0v) is 15.6. The summed E-state index contributed by atoms with van der Waals surface area (Å²) in [6, 6.07) is 0. The highest BCUT2D eigenvalue weighted by Gasteiger charge is 2.48. The molecule has 5 atom stereocenters. The lowest BCUT2D eigenvalue weighted by molar-refractivity contribution is -0.0570. The maximum absolute atomic E-state index is 12.0. The summed E-state index contributed by atoms with van der Waals surface area (Å²) in [5, 5.41) is 10.7. The van der Waals surface area contributed by atoms with Gasteiger partial charge in [-0.3, -0.25) is 18.9 Å². The summed E-state index contributed by atoms with van der Waals surface area (Å²) >= 11 is 3.81. The molecular formula is C12H18N5O7PS. The van der Waals surface area contributed by atoms with Crippen molar-refractivity contribution in [2.24, 2.45) is 0 Å². The van der Waals surface area contributed by atoms with Crippen LogP contribution in [0.25, 0.3) is 11.2 Å². The van der Waals surface area contributed by atoms with Gasteiger partial charge in [-0.25, -0.2) is 9.55 Å². The minimum Gasteiger partial charge on any atom is -0.386 e. The zero-order chi connectivity index (χ0) is 19.1. The molecule has 1 saturated heterocycles. The number of thiol groups is 1. The Morgan fingerprint density at radius 2 is 2.27 bits per heavy atom. The largest absolute Gasteiger partial charge is 0.386 e. The predicted molar refractivity (Wildman–Crippen MR) is 92.8 cm³/mol. The SMILES string of the molecule is COCC1OC(n2cnc3c(=O)[nH]c(N)nc32)C(O)C1OP(=O)(S)OC. The van der Waals surface area contributed by atoms with Crippen LogP contribution < -0.4 is 11.3 Å². The van der Waals surface area contributed by atoms with E-state index >= 15 is 0 Å². The Morgan fingerprint density at radius 1 is 1.54 bits per heavy atom. The molecule has 14 heteroatoms. The van der Waals surface area contributed by atoms with Crippen molar-refractivity contribution < 1.29 is 28.2 Å². The molecule has 2 aromatic heterocycles. The molecule has 0 radical (unpaired) electrons. The summed E-state index contributed by atoms with van der Waals surface area (Å²) in [6.45, 7) is -3.66. The summed E-state index contributed by atoms with van der Waals surface area (Å²) < 4.78 is 34.2. The molecule has 0 bridgehead atoms. The number of H-pyrrole nitrogens is 1. The Kier molecular flexibility index (Phi) is 5.40. The minimum absolute atomic E-state index is 0.0272. The van der Waals surface area contributed by atoms with Crippen LogP contribution in [0, 0.1) is 0 Å². The second-order valence-corrected chi connectivity index (χ2v) is 8.49. The fourth-order valence-electron chi connectivity index (χ4n) is 2.70. The van der Waals surface area contributed by atoms with Gasteiger partial charge in [-0.2, -0.15) is 4.98 Å². The predicted octanol–water partition coefficient (Wildman–Crippen LogP) is -0.324. The Labute approximate surface area is 152 Å². The number of hydrogen-bond acceptors (Lipinski definition) is 10. The maximum atomic E-state index is 12.0. The van der Waals surface area contributed by atoms with E-state index in [1.807, 2.05) is 0 Å². The quantitative estimate of drug-likeness (QED) is 0.368. The first-order valence-electron chi connectivity index (χ1n) is 7.39. The van der Waals surface area contributed by atoms with Gasteiger partial charge in [-0.15, -0.1) is 0 Å². The van der Waals surface area contributed by atoms with Gasteiger partial charge in [0.1, 0.15) is 18.3 Å². The van der Waals surface area contributed by atoms with Gasteiger partial charge < -0.3 is 24.8 Å². The standard InChI is InChI=1S/C12H18N5O7PS/c1-21-3-5-8(24-25(20,26)22-2)7(18)11(23-5)17-4-14-6-9(17)15-12(13)16-10(6)19/h4-5,7-8,11,18H,3H2,1-2H3,(H,20,26)(H3,13,15,16,19). The lowest BCUT2D eigenvalue weighted by atomic mass is 10.1. The number of fused-ring (bicyclic) bond motifs is 1. The highest BCUT2D eigenvalue weighted by atomic mass is 32.7. The number of aliphatic hydroxyl groups is 1. The van der Waals surface area contributed by atoms with Crippen molar-refractivity contribution in [3.63, 3.8) is 0 Å². The highest BCUT2D eigenvalue weighted by Crippen LogP contribution is 2.55. The molecule has 12 nitrogen and oxygen atoms in total. The van der Waals surface area contributed by atoms with Gasteiger partial charge in [0.25, 0.3) is 5.56 Å². The molecule has 0 saturated carbocycles. The first-order valence-corrected chi connectivity index (χ1v) is 10.1. The van der Waals surface area contributed by atoms with Crippen molar-refractivity contribution in [2.75, 3.05) is 26.6 Å². The van der Waals surface area contributed by atoms with Gasteiger partial charge in [-0.05, 0) is 0 Å². The normalized spacial score (nSPS) is 28.5. The number of ether oxygens (including phenoxy) is 2. The lowest BCUT2D eigenvalue weighted by Gasteiger charge is -2.22. The van der Waals surface area contributed by atoms with Crippen LogP contribution in [0.2, 0.25) is 0 Å². The Bertz CT molecular complexity index is 904. The van der Waals surface area contributed by atoms with E-state index in [9.17, 15) is 14.5 Å². The van der Waals surface area contributed by atoms with Gasteiger partial charge in [0.05, 0.1) is 12.9 Å². The Morgan fingerprint density at radius 3 is 2.92 bits per heavy atom. The number of nitrogens with one attached hydrogen (secondary N) is 1. The number of nitrogens with zero attached hydrogens (tertiary/aromatic N) is 3. The number of nitrogen functional groups attached to an aromatic ring is 1. The maximum Gasteiger partial charge on any atom is 0.386 e. The van der Waals surface area contributed by atoms with Gasteiger partial charge in [-0.1, -0.05) is 12.2 Å². The summed E-state index contributed by atoms with van der Waals surface area (Å²) in [5.41, 5.74) is 5.19. The average Bonchev–Trinajstić information content (AvgIpc) is 3.11. The van der Waals surface area contributed by atoms with Gasteiger partial charge >= 0.3 is 6.80 Å². The number of methoxy groups -OCH3 is 1. The number of hydrogen-bond donors (Lipinski definition) is 4. The van der Waals surface area contributed by atoms with E-state index in [1.54, 1.807) is 0 Å². The Balaban J connectivity index is 1.98. The molecule has 4 N–H and O–H groups in total. The van der Waals surface area contributed by atoms with Crippen LogP contribution in [0.15, 0.2) is 11.1 Å². The summed E-state index contributed by atoms with van der Waals surface area (Å²) in [4.78, 5) is 22.2. The summed E-state index contributed by atoms with van der Waals surface area (Å²) in [6.07, 6.45) is -2.91. The van der Waals surface area contributed by atoms with Crippen LogP contribution in [0.1, 0.15) is 6.23 Å². The van der Waals surface area contributed by atoms with E-state index in [4.69, 9.17) is 24.3 Å². The van der Waals surface area contributed by atoms with Crippen molar-refractivity contribution >= 4 is 36.2 Å². The van der Waals surface area contributed by atoms with Crippen LogP contribution in [-0.4, -0.2) is 63.8 Å². The second kappa shape index (κ2) is 7.27. The molecule has 5 unspecified atom stereocenters.